The van der Waals surface area contributed by atoms with Gasteiger partial charge in [-0.3, -0.25) is 4.90 Å². The number of nitrogens with zero attached hydrogens (tertiary/aromatic N) is 1. The Kier molecular flexibility index (Phi) is 6.09. The number of aromatic amines is 1. The summed E-state index contributed by atoms with van der Waals surface area (Å²) in [5, 5.41) is 10.3. The molecule has 1 aliphatic heterocycles. The lowest BCUT2D eigenvalue weighted by atomic mass is 10.2. The van der Waals surface area contributed by atoms with E-state index in [2.05, 4.69) is 16.0 Å². The molecule has 2 aromatic rings. The highest BCUT2D eigenvalue weighted by molar-refractivity contribution is 5.32. The van der Waals surface area contributed by atoms with Crippen LogP contribution >= 0.6 is 0 Å². The van der Waals surface area contributed by atoms with Crippen molar-refractivity contribution in [2.24, 2.45) is 0 Å². The lowest BCUT2D eigenvalue weighted by Crippen LogP contribution is -3.16. The van der Waals surface area contributed by atoms with E-state index in [4.69, 9.17) is 9.47 Å². The number of quaternary nitrogens is 1. The first-order valence-corrected chi connectivity index (χ1v) is 8.75. The van der Waals surface area contributed by atoms with Gasteiger partial charge in [0.25, 0.3) is 5.82 Å². The summed E-state index contributed by atoms with van der Waals surface area (Å²) in [5.41, 5.74) is 0. The summed E-state index contributed by atoms with van der Waals surface area (Å²) < 4.78 is 10.8. The number of methoxy groups -OCH3 is 1. The average molecular weight is 345 g/mol. The van der Waals surface area contributed by atoms with Gasteiger partial charge in [0.05, 0.1) is 13.3 Å². The van der Waals surface area contributed by atoms with Crippen molar-refractivity contribution >= 4 is 5.82 Å². The molecule has 6 heteroatoms. The number of pyridine rings is 1. The molecule has 0 radical (unpaired) electrons. The fourth-order valence-corrected chi connectivity index (χ4v) is 3.11. The zero-order valence-electron chi connectivity index (χ0n) is 14.6. The second-order valence-corrected chi connectivity index (χ2v) is 6.33. The van der Waals surface area contributed by atoms with E-state index in [0.717, 1.165) is 43.5 Å². The summed E-state index contributed by atoms with van der Waals surface area (Å²) >= 11 is 0. The Morgan fingerprint density at radius 3 is 2.48 bits per heavy atom. The maximum absolute atomic E-state index is 10.3. The van der Waals surface area contributed by atoms with Gasteiger partial charge in [0.2, 0.25) is 0 Å². The first-order valence-electron chi connectivity index (χ1n) is 8.75. The van der Waals surface area contributed by atoms with Crippen LogP contribution in [0.2, 0.25) is 0 Å². The van der Waals surface area contributed by atoms with Crippen LogP contribution in [0.25, 0.3) is 0 Å². The minimum Gasteiger partial charge on any atom is -0.497 e. The van der Waals surface area contributed by atoms with Crippen LogP contribution in [0.5, 0.6) is 11.5 Å². The predicted molar refractivity (Wildman–Crippen MR) is 95.3 cm³/mol. The van der Waals surface area contributed by atoms with Crippen LogP contribution in [0.1, 0.15) is 0 Å². The second kappa shape index (κ2) is 8.69. The van der Waals surface area contributed by atoms with E-state index in [1.54, 1.807) is 7.11 Å². The van der Waals surface area contributed by atoms with Gasteiger partial charge in [-0.05, 0) is 30.3 Å². The maximum atomic E-state index is 10.3. The molecule has 1 fully saturated rings. The van der Waals surface area contributed by atoms with Crippen molar-refractivity contribution in [3.05, 3.63) is 48.7 Å². The number of aromatic nitrogens is 1. The molecule has 0 spiro atoms. The van der Waals surface area contributed by atoms with Crippen molar-refractivity contribution in [1.29, 1.82) is 0 Å². The van der Waals surface area contributed by atoms with E-state index in [1.165, 1.54) is 4.90 Å². The van der Waals surface area contributed by atoms with Gasteiger partial charge in [0, 0.05) is 6.07 Å². The van der Waals surface area contributed by atoms with Gasteiger partial charge in [-0.25, -0.2) is 4.98 Å². The van der Waals surface area contributed by atoms with Crippen molar-refractivity contribution in [2.45, 2.75) is 6.10 Å². The van der Waals surface area contributed by atoms with Crippen molar-refractivity contribution in [1.82, 2.24) is 0 Å². The van der Waals surface area contributed by atoms with Crippen molar-refractivity contribution in [3.63, 3.8) is 0 Å². The summed E-state index contributed by atoms with van der Waals surface area (Å²) in [6.07, 6.45) is 1.49. The SMILES string of the molecule is COc1ccc(OCC(O)C[NH+]2CCN(c3cccc[nH+]3)CC2)cc1. The number of anilines is 1. The zero-order chi connectivity index (χ0) is 17.5. The van der Waals surface area contributed by atoms with E-state index >= 15 is 0 Å². The lowest BCUT2D eigenvalue weighted by molar-refractivity contribution is -0.903. The summed E-state index contributed by atoms with van der Waals surface area (Å²) in [6.45, 7) is 5.03. The number of nitrogens with one attached hydrogen (secondary N) is 2. The second-order valence-electron chi connectivity index (χ2n) is 6.33. The molecule has 134 valence electrons. The number of H-pyrrole nitrogens is 1. The lowest BCUT2D eigenvalue weighted by Gasteiger charge is -2.29. The Labute approximate surface area is 148 Å². The molecular formula is C19H27N3O3+2. The fourth-order valence-electron chi connectivity index (χ4n) is 3.11. The number of rotatable bonds is 7. The maximum Gasteiger partial charge on any atom is 0.274 e. The van der Waals surface area contributed by atoms with Crippen LogP contribution < -0.4 is 24.3 Å². The van der Waals surface area contributed by atoms with Gasteiger partial charge >= 0.3 is 0 Å². The molecule has 3 rings (SSSR count). The standard InChI is InChI=1S/C19H25N3O3/c1-24-17-5-7-18(8-6-17)25-15-16(23)14-21-10-12-22(13-11-21)19-4-2-3-9-20-19/h2-9,16,23H,10-15H2,1H3/p+2. The van der Waals surface area contributed by atoms with Crippen LogP contribution in [-0.4, -0.2) is 57.7 Å². The molecule has 1 aromatic carbocycles. The monoisotopic (exact) mass is 345 g/mol. The molecule has 0 saturated carbocycles. The molecule has 1 aliphatic rings. The molecule has 1 unspecified atom stereocenters. The highest BCUT2D eigenvalue weighted by Crippen LogP contribution is 2.16. The predicted octanol–water partition coefficient (Wildman–Crippen LogP) is -0.346. The molecule has 0 aliphatic carbocycles. The number of ether oxygens (including phenoxy) is 2. The number of aliphatic hydroxyl groups excluding tert-OH is 1. The highest BCUT2D eigenvalue weighted by atomic mass is 16.5. The third-order valence-electron chi connectivity index (χ3n) is 4.53. The molecule has 2 heterocycles. The van der Waals surface area contributed by atoms with Gasteiger partial charge in [0.1, 0.15) is 56.9 Å². The van der Waals surface area contributed by atoms with Crippen molar-refractivity contribution in [3.8, 4) is 11.5 Å². The molecular weight excluding hydrogens is 318 g/mol. The largest absolute Gasteiger partial charge is 0.497 e. The Bertz CT molecular complexity index is 628. The zero-order valence-corrected chi connectivity index (χ0v) is 14.6. The number of piperazine rings is 1. The van der Waals surface area contributed by atoms with Gasteiger partial charge < -0.3 is 19.5 Å². The number of hydrogen-bond donors (Lipinski definition) is 2. The fraction of sp³-hybridized carbons (Fsp3) is 0.421. The van der Waals surface area contributed by atoms with E-state index in [-0.39, 0.29) is 0 Å². The normalized spacial score (nSPS) is 16.5. The first-order chi connectivity index (χ1) is 12.2. The summed E-state index contributed by atoms with van der Waals surface area (Å²) in [6, 6.07) is 13.6. The number of benzene rings is 1. The van der Waals surface area contributed by atoms with Gasteiger partial charge in [0.15, 0.2) is 0 Å². The third-order valence-corrected chi connectivity index (χ3v) is 4.53. The van der Waals surface area contributed by atoms with E-state index in [1.807, 2.05) is 42.6 Å². The van der Waals surface area contributed by atoms with Crippen LogP contribution in [0, 0.1) is 0 Å². The van der Waals surface area contributed by atoms with Gasteiger partial charge in [-0.2, -0.15) is 0 Å². The van der Waals surface area contributed by atoms with Crippen LogP contribution in [0.3, 0.4) is 0 Å². The first kappa shape index (κ1) is 17.5. The minimum atomic E-state index is -0.466. The molecule has 1 atom stereocenters. The number of aliphatic hydroxyl groups is 1. The molecule has 1 aromatic heterocycles. The van der Waals surface area contributed by atoms with Crippen molar-refractivity contribution in [2.75, 3.05) is 51.3 Å². The summed E-state index contributed by atoms with van der Waals surface area (Å²) in [4.78, 5) is 7.04. The Morgan fingerprint density at radius 2 is 1.84 bits per heavy atom. The Hall–Kier alpha value is -2.31. The Morgan fingerprint density at radius 1 is 1.12 bits per heavy atom. The molecule has 25 heavy (non-hydrogen) atoms. The quantitative estimate of drug-likeness (QED) is 0.720. The van der Waals surface area contributed by atoms with Crippen LogP contribution in [0.15, 0.2) is 48.7 Å². The third kappa shape index (κ3) is 5.08. The highest BCUT2D eigenvalue weighted by Gasteiger charge is 2.27. The smallest absolute Gasteiger partial charge is 0.274 e. The van der Waals surface area contributed by atoms with Crippen LogP contribution in [-0.2, 0) is 0 Å². The molecule has 3 N–H and O–H groups in total. The summed E-state index contributed by atoms with van der Waals surface area (Å²) in [7, 11) is 1.64. The van der Waals surface area contributed by atoms with E-state index < -0.39 is 6.10 Å². The van der Waals surface area contributed by atoms with E-state index in [0.29, 0.717) is 13.2 Å². The van der Waals surface area contributed by atoms with Crippen LogP contribution in [0.4, 0.5) is 5.82 Å². The van der Waals surface area contributed by atoms with Gasteiger partial charge in [-0.1, -0.05) is 6.07 Å². The topological polar surface area (TPSA) is 60.5 Å². The average Bonchev–Trinajstić information content (AvgIpc) is 2.68. The van der Waals surface area contributed by atoms with Gasteiger partial charge in [-0.15, -0.1) is 0 Å². The molecule has 1 saturated heterocycles. The molecule has 0 amide bonds. The summed E-state index contributed by atoms with van der Waals surface area (Å²) in [5.74, 6) is 2.70. The van der Waals surface area contributed by atoms with Crippen molar-refractivity contribution < 1.29 is 24.5 Å². The molecule has 6 nitrogen and oxygen atoms in total. The number of hydrogen-bond acceptors (Lipinski definition) is 4. The molecule has 0 bridgehead atoms. The van der Waals surface area contributed by atoms with E-state index in [9.17, 15) is 5.11 Å². The minimum absolute atomic E-state index is 0.312. The Balaban J connectivity index is 1.39.